The van der Waals surface area contributed by atoms with Gasteiger partial charge in [0.25, 0.3) is 0 Å². The molecule has 2 rings (SSSR count). The molecule has 0 aliphatic carbocycles. The SMILES string of the molecule is CC(C)C(=O)OC[C@@]1(c2ccc(CO)cc2OC(=O)C(C)C)CO1. The fourth-order valence-corrected chi connectivity index (χ4v) is 2.11. The Hall–Kier alpha value is -1.92. The van der Waals surface area contributed by atoms with Crippen LogP contribution in [0.15, 0.2) is 18.2 Å². The minimum atomic E-state index is -0.787. The van der Waals surface area contributed by atoms with E-state index in [4.69, 9.17) is 14.2 Å². The van der Waals surface area contributed by atoms with Gasteiger partial charge in [0.15, 0.2) is 5.60 Å². The third kappa shape index (κ3) is 4.13. The second kappa shape index (κ2) is 7.32. The van der Waals surface area contributed by atoms with Crippen molar-refractivity contribution in [2.45, 2.75) is 39.9 Å². The Bertz CT molecular complexity index is 616. The minimum Gasteiger partial charge on any atom is -0.462 e. The number of aliphatic hydroxyl groups excluding tert-OH is 1. The first kappa shape index (κ1) is 18.4. The monoisotopic (exact) mass is 336 g/mol. The fraction of sp³-hybridized carbons (Fsp3) is 0.556. The summed E-state index contributed by atoms with van der Waals surface area (Å²) in [6.45, 7) is 7.28. The molecule has 0 saturated carbocycles. The van der Waals surface area contributed by atoms with Gasteiger partial charge in [-0.3, -0.25) is 9.59 Å². The first-order valence-electron chi connectivity index (χ1n) is 8.05. The van der Waals surface area contributed by atoms with E-state index >= 15 is 0 Å². The molecule has 0 spiro atoms. The van der Waals surface area contributed by atoms with Crippen LogP contribution < -0.4 is 4.74 Å². The van der Waals surface area contributed by atoms with Gasteiger partial charge in [-0.1, -0.05) is 39.8 Å². The topological polar surface area (TPSA) is 85.4 Å². The molecule has 0 amide bonds. The Kier molecular flexibility index (Phi) is 5.62. The lowest BCUT2D eigenvalue weighted by molar-refractivity contribution is -0.149. The Morgan fingerprint density at radius 2 is 1.83 bits per heavy atom. The van der Waals surface area contributed by atoms with Crippen molar-refractivity contribution in [1.82, 2.24) is 0 Å². The average molecular weight is 336 g/mol. The van der Waals surface area contributed by atoms with Gasteiger partial charge in [0.05, 0.1) is 25.0 Å². The first-order valence-corrected chi connectivity index (χ1v) is 8.05. The van der Waals surface area contributed by atoms with Crippen LogP contribution in [0.5, 0.6) is 5.75 Å². The molecule has 132 valence electrons. The quantitative estimate of drug-likeness (QED) is 0.466. The van der Waals surface area contributed by atoms with E-state index in [0.717, 1.165) is 0 Å². The van der Waals surface area contributed by atoms with Crippen LogP contribution in [-0.2, 0) is 31.3 Å². The highest BCUT2D eigenvalue weighted by atomic mass is 16.6. The van der Waals surface area contributed by atoms with Crippen molar-refractivity contribution in [2.24, 2.45) is 11.8 Å². The molecule has 1 fully saturated rings. The standard InChI is InChI=1S/C18H24O6/c1-11(2)16(20)22-9-18(10-23-18)14-6-5-13(8-19)7-15(14)24-17(21)12(3)4/h5-7,11-12,19H,8-10H2,1-4H3/t18-/m0/s1. The highest BCUT2D eigenvalue weighted by Gasteiger charge is 2.50. The van der Waals surface area contributed by atoms with Gasteiger partial charge in [-0.2, -0.15) is 0 Å². The van der Waals surface area contributed by atoms with Gasteiger partial charge in [-0.25, -0.2) is 0 Å². The number of epoxide rings is 1. The number of ether oxygens (including phenoxy) is 3. The molecule has 1 atom stereocenters. The van der Waals surface area contributed by atoms with Crippen LogP contribution in [0.2, 0.25) is 0 Å². The summed E-state index contributed by atoms with van der Waals surface area (Å²) in [4.78, 5) is 23.7. The van der Waals surface area contributed by atoms with E-state index in [1.165, 1.54) is 0 Å². The number of hydrogen-bond donors (Lipinski definition) is 1. The maximum absolute atomic E-state index is 12.0. The molecule has 1 aliphatic rings. The summed E-state index contributed by atoms with van der Waals surface area (Å²) in [5, 5.41) is 9.31. The van der Waals surface area contributed by atoms with Crippen molar-refractivity contribution in [3.8, 4) is 5.75 Å². The van der Waals surface area contributed by atoms with Crippen molar-refractivity contribution in [2.75, 3.05) is 13.2 Å². The molecule has 1 aliphatic heterocycles. The number of benzene rings is 1. The van der Waals surface area contributed by atoms with Gasteiger partial charge < -0.3 is 19.3 Å². The summed E-state index contributed by atoms with van der Waals surface area (Å²) in [6.07, 6.45) is 0. The van der Waals surface area contributed by atoms with Crippen LogP contribution in [-0.4, -0.2) is 30.3 Å². The van der Waals surface area contributed by atoms with E-state index in [1.807, 2.05) is 0 Å². The average Bonchev–Trinajstić information content (AvgIpc) is 3.33. The molecule has 1 aromatic rings. The highest BCUT2D eigenvalue weighted by molar-refractivity contribution is 5.75. The molecule has 1 saturated heterocycles. The summed E-state index contributed by atoms with van der Waals surface area (Å²) in [5.74, 6) is -0.862. The molecule has 6 heteroatoms. The largest absolute Gasteiger partial charge is 0.462 e. The van der Waals surface area contributed by atoms with E-state index in [0.29, 0.717) is 23.5 Å². The highest BCUT2D eigenvalue weighted by Crippen LogP contribution is 2.44. The Labute approximate surface area is 141 Å². The normalized spacial score (nSPS) is 19.5. The molecular weight excluding hydrogens is 312 g/mol. The van der Waals surface area contributed by atoms with E-state index in [2.05, 4.69) is 0 Å². The van der Waals surface area contributed by atoms with Crippen molar-refractivity contribution >= 4 is 11.9 Å². The molecule has 0 radical (unpaired) electrons. The predicted molar refractivity (Wildman–Crippen MR) is 86.3 cm³/mol. The second-order valence-corrected chi connectivity index (χ2v) is 6.61. The van der Waals surface area contributed by atoms with Crippen LogP contribution in [0, 0.1) is 11.8 Å². The number of carbonyl (C=O) groups excluding carboxylic acids is 2. The number of rotatable bonds is 7. The van der Waals surface area contributed by atoms with Gasteiger partial charge in [-0.05, 0) is 11.6 Å². The van der Waals surface area contributed by atoms with Crippen molar-refractivity contribution < 1.29 is 28.9 Å². The number of hydrogen-bond acceptors (Lipinski definition) is 6. The van der Waals surface area contributed by atoms with Crippen molar-refractivity contribution in [3.63, 3.8) is 0 Å². The second-order valence-electron chi connectivity index (χ2n) is 6.61. The Morgan fingerprint density at radius 1 is 1.21 bits per heavy atom. The van der Waals surface area contributed by atoms with E-state index in [1.54, 1.807) is 45.9 Å². The zero-order valence-corrected chi connectivity index (χ0v) is 14.5. The molecule has 0 aromatic heterocycles. The van der Waals surface area contributed by atoms with Gasteiger partial charge in [0.2, 0.25) is 0 Å². The molecule has 0 bridgehead atoms. The number of carbonyl (C=O) groups is 2. The molecule has 6 nitrogen and oxygen atoms in total. The fourth-order valence-electron chi connectivity index (χ4n) is 2.11. The minimum absolute atomic E-state index is 0.0642. The summed E-state index contributed by atoms with van der Waals surface area (Å²) < 4.78 is 16.3. The number of esters is 2. The zero-order valence-electron chi connectivity index (χ0n) is 14.5. The zero-order chi connectivity index (χ0) is 17.9. The maximum atomic E-state index is 12.0. The summed E-state index contributed by atoms with van der Waals surface area (Å²) in [5.41, 5.74) is 0.482. The lowest BCUT2D eigenvalue weighted by Crippen LogP contribution is -2.24. The number of aliphatic hydroxyl groups is 1. The van der Waals surface area contributed by atoms with Crippen molar-refractivity contribution in [3.05, 3.63) is 29.3 Å². The molecule has 1 heterocycles. The third-order valence-corrected chi connectivity index (χ3v) is 3.81. The summed E-state index contributed by atoms with van der Waals surface area (Å²) in [7, 11) is 0. The molecule has 1 aromatic carbocycles. The lowest BCUT2D eigenvalue weighted by atomic mass is 9.98. The maximum Gasteiger partial charge on any atom is 0.313 e. The molecular formula is C18H24O6. The van der Waals surface area contributed by atoms with Gasteiger partial charge in [0, 0.05) is 5.56 Å². The van der Waals surface area contributed by atoms with Crippen LogP contribution in [0.25, 0.3) is 0 Å². The predicted octanol–water partition coefficient (Wildman–Crippen LogP) is 2.17. The van der Waals surface area contributed by atoms with E-state index in [9.17, 15) is 14.7 Å². The first-order chi connectivity index (χ1) is 11.3. The van der Waals surface area contributed by atoms with Crippen LogP contribution >= 0.6 is 0 Å². The third-order valence-electron chi connectivity index (χ3n) is 3.81. The smallest absolute Gasteiger partial charge is 0.313 e. The summed E-state index contributed by atoms with van der Waals surface area (Å²) in [6, 6.07) is 5.09. The van der Waals surface area contributed by atoms with Gasteiger partial charge in [-0.15, -0.1) is 0 Å². The lowest BCUT2D eigenvalue weighted by Gasteiger charge is -2.18. The Morgan fingerprint density at radius 3 is 2.33 bits per heavy atom. The van der Waals surface area contributed by atoms with Gasteiger partial charge >= 0.3 is 11.9 Å². The molecule has 1 N–H and O–H groups in total. The van der Waals surface area contributed by atoms with Crippen LogP contribution in [0.4, 0.5) is 0 Å². The van der Waals surface area contributed by atoms with Crippen LogP contribution in [0.1, 0.15) is 38.8 Å². The van der Waals surface area contributed by atoms with E-state index < -0.39 is 5.60 Å². The summed E-state index contributed by atoms with van der Waals surface area (Å²) >= 11 is 0. The molecule has 0 unspecified atom stereocenters. The molecule has 24 heavy (non-hydrogen) atoms. The van der Waals surface area contributed by atoms with Crippen LogP contribution in [0.3, 0.4) is 0 Å². The van der Waals surface area contributed by atoms with E-state index in [-0.39, 0.29) is 37.0 Å². The van der Waals surface area contributed by atoms with Crippen molar-refractivity contribution in [1.29, 1.82) is 0 Å². The Balaban J connectivity index is 2.25. The van der Waals surface area contributed by atoms with Gasteiger partial charge in [0.1, 0.15) is 12.4 Å².